The lowest BCUT2D eigenvalue weighted by molar-refractivity contribution is -0.139. The fourth-order valence-electron chi connectivity index (χ4n) is 6.02. The number of nitrogens with two attached hydrogens (primary N) is 1. The Kier molecular flexibility index (Phi) is 14.4. The van der Waals surface area contributed by atoms with E-state index in [4.69, 9.17) is 25.3 Å². The molecule has 1 amide bonds. The first-order valence-corrected chi connectivity index (χ1v) is 18.1. The van der Waals surface area contributed by atoms with Crippen LogP contribution in [-0.2, 0) is 17.5 Å². The standard InChI is InChI=1S/C35H36F3N7O3.C5H9NO2/c1-47-27-14-13-24(28(19-27)48-2)20-41-33-30-31(44-45-32(30)25(21-42-33)8-6-4-3-5-7-16-39)22-9-11-23(12-10-22)34(46)43-29-18-26(15-17-40-29)35(36,37)38;7-5(8)4-2-1-3-6-4/h6,8-15,17-19,21H,3-5,7,16,20,39H2,1-2H3,(H,41,42)(H,44,45)(H,40,43,46);4,6H,1-3H2,(H,7,8)/b8-6+;. The van der Waals surface area contributed by atoms with E-state index in [2.05, 4.69) is 37.2 Å². The van der Waals surface area contributed by atoms with E-state index in [0.717, 1.165) is 85.5 Å². The monoisotopic (exact) mass is 774 g/mol. The molecule has 296 valence electrons. The summed E-state index contributed by atoms with van der Waals surface area (Å²) in [6.45, 7) is 1.94. The number of anilines is 2. The maximum atomic E-state index is 13.1. The van der Waals surface area contributed by atoms with Crippen LogP contribution in [0.1, 0.15) is 65.6 Å². The van der Waals surface area contributed by atoms with Crippen LogP contribution in [0.3, 0.4) is 0 Å². The molecule has 4 heterocycles. The van der Waals surface area contributed by atoms with Gasteiger partial charge in [-0.05, 0) is 81.6 Å². The Morgan fingerprint density at radius 2 is 1.84 bits per heavy atom. The largest absolute Gasteiger partial charge is 0.497 e. The third kappa shape index (κ3) is 10.8. The number of hydrogen-bond donors (Lipinski definition) is 6. The van der Waals surface area contributed by atoms with Gasteiger partial charge in [-0.2, -0.15) is 18.3 Å². The molecule has 0 saturated carbocycles. The summed E-state index contributed by atoms with van der Waals surface area (Å²) < 4.78 is 50.2. The molecule has 1 aliphatic rings. The number of methoxy groups -OCH3 is 2. The summed E-state index contributed by atoms with van der Waals surface area (Å²) in [5, 5.41) is 25.6. The van der Waals surface area contributed by atoms with Crippen LogP contribution in [-0.4, -0.2) is 70.5 Å². The van der Waals surface area contributed by atoms with Crippen molar-refractivity contribution in [2.24, 2.45) is 5.73 Å². The number of pyridine rings is 2. The first-order valence-electron chi connectivity index (χ1n) is 18.1. The number of halogens is 3. The molecular formula is C40H45F3N8O5. The van der Waals surface area contributed by atoms with Crippen molar-refractivity contribution in [1.82, 2.24) is 25.5 Å². The van der Waals surface area contributed by atoms with E-state index in [0.29, 0.717) is 41.6 Å². The van der Waals surface area contributed by atoms with E-state index >= 15 is 0 Å². The molecule has 0 aliphatic carbocycles. The number of carbonyl (C=O) groups excluding carboxylic acids is 1. The number of amides is 1. The van der Waals surface area contributed by atoms with Gasteiger partial charge >= 0.3 is 12.1 Å². The van der Waals surface area contributed by atoms with E-state index in [1.807, 2.05) is 24.3 Å². The molecule has 2 aromatic carbocycles. The van der Waals surface area contributed by atoms with E-state index < -0.39 is 23.6 Å². The maximum absolute atomic E-state index is 13.1. The van der Waals surface area contributed by atoms with Crippen molar-refractivity contribution >= 4 is 40.5 Å². The molecule has 0 spiro atoms. The summed E-state index contributed by atoms with van der Waals surface area (Å²) in [5.41, 5.74) is 8.78. The van der Waals surface area contributed by atoms with Crippen molar-refractivity contribution in [3.63, 3.8) is 0 Å². The van der Waals surface area contributed by atoms with E-state index in [1.165, 1.54) is 0 Å². The molecule has 1 aliphatic heterocycles. The van der Waals surface area contributed by atoms with Crippen LogP contribution in [0.5, 0.6) is 11.5 Å². The molecule has 0 radical (unpaired) electrons. The zero-order valence-electron chi connectivity index (χ0n) is 31.1. The van der Waals surface area contributed by atoms with Gasteiger partial charge in [-0.1, -0.05) is 30.7 Å². The number of nitrogens with one attached hydrogen (secondary N) is 4. The summed E-state index contributed by atoms with van der Waals surface area (Å²) in [4.78, 5) is 31.6. The quantitative estimate of drug-likeness (QED) is 0.0587. The Balaban J connectivity index is 0.000000667. The number of ether oxygens (including phenoxy) is 2. The molecule has 7 N–H and O–H groups in total. The van der Waals surface area contributed by atoms with E-state index in [1.54, 1.807) is 44.7 Å². The predicted molar refractivity (Wildman–Crippen MR) is 209 cm³/mol. The average Bonchev–Trinajstić information content (AvgIpc) is 3.91. The minimum Gasteiger partial charge on any atom is -0.497 e. The summed E-state index contributed by atoms with van der Waals surface area (Å²) in [6, 6.07) is 13.6. The number of rotatable bonds is 15. The molecular weight excluding hydrogens is 729 g/mol. The predicted octanol–water partition coefficient (Wildman–Crippen LogP) is 7.28. The third-order valence-electron chi connectivity index (χ3n) is 9.05. The second kappa shape index (κ2) is 19.5. The highest BCUT2D eigenvalue weighted by Crippen LogP contribution is 2.35. The molecule has 6 rings (SSSR count). The van der Waals surface area contributed by atoms with Gasteiger partial charge in [0.2, 0.25) is 0 Å². The van der Waals surface area contributed by atoms with Gasteiger partial charge in [0.25, 0.3) is 5.91 Å². The molecule has 56 heavy (non-hydrogen) atoms. The molecule has 13 nitrogen and oxygen atoms in total. The zero-order valence-corrected chi connectivity index (χ0v) is 31.1. The highest BCUT2D eigenvalue weighted by atomic mass is 19.4. The van der Waals surface area contributed by atoms with Crippen LogP contribution in [0.15, 0.2) is 73.1 Å². The van der Waals surface area contributed by atoms with Gasteiger partial charge in [0.1, 0.15) is 34.7 Å². The Morgan fingerprint density at radius 1 is 1.04 bits per heavy atom. The first-order chi connectivity index (χ1) is 27.0. The number of H-pyrrole nitrogens is 1. The lowest BCUT2D eigenvalue weighted by Gasteiger charge is -2.13. The van der Waals surface area contributed by atoms with Crippen molar-refractivity contribution in [2.45, 2.75) is 57.3 Å². The topological polar surface area (TPSA) is 189 Å². The van der Waals surface area contributed by atoms with Gasteiger partial charge in [-0.25, -0.2) is 9.97 Å². The maximum Gasteiger partial charge on any atom is 0.416 e. The van der Waals surface area contributed by atoms with Gasteiger partial charge in [-0.15, -0.1) is 0 Å². The summed E-state index contributed by atoms with van der Waals surface area (Å²) in [5.74, 6) is 0.407. The van der Waals surface area contributed by atoms with Gasteiger partial charge < -0.3 is 36.3 Å². The SMILES string of the molecule is COc1ccc(CNc2ncc(/C=C/CCCCCN)c3n[nH]c(-c4ccc(C(=O)Nc5cc(C(F)(F)F)ccn5)cc4)c23)c(OC)c1.O=C(O)C1CCCN1. The van der Waals surface area contributed by atoms with Crippen LogP contribution in [0.25, 0.3) is 28.2 Å². The van der Waals surface area contributed by atoms with Gasteiger partial charge in [0, 0.05) is 47.3 Å². The molecule has 16 heteroatoms. The number of carbonyl (C=O) groups is 2. The second-order valence-electron chi connectivity index (χ2n) is 12.9. The third-order valence-corrected chi connectivity index (χ3v) is 9.05. The summed E-state index contributed by atoms with van der Waals surface area (Å²) in [7, 11) is 3.19. The number of nitrogens with zero attached hydrogens (tertiary/aromatic N) is 3. The number of carboxylic acids is 1. The zero-order chi connectivity index (χ0) is 40.1. The van der Waals surface area contributed by atoms with Crippen molar-refractivity contribution in [1.29, 1.82) is 0 Å². The summed E-state index contributed by atoms with van der Waals surface area (Å²) >= 11 is 0. The Bertz CT molecular complexity index is 2120. The van der Waals surface area contributed by atoms with Crippen LogP contribution in [0.2, 0.25) is 0 Å². The van der Waals surface area contributed by atoms with Crippen molar-refractivity contribution in [2.75, 3.05) is 37.9 Å². The van der Waals surface area contributed by atoms with E-state index in [9.17, 15) is 22.8 Å². The smallest absolute Gasteiger partial charge is 0.416 e. The number of aromatic amines is 1. The minimum absolute atomic E-state index is 0.200. The molecule has 1 unspecified atom stereocenters. The fourth-order valence-corrected chi connectivity index (χ4v) is 6.02. The van der Waals surface area contributed by atoms with Crippen molar-refractivity contribution in [3.8, 4) is 22.8 Å². The number of unbranched alkanes of at least 4 members (excludes halogenated alkanes) is 3. The fraction of sp³-hybridized carbons (Fsp3) is 0.325. The number of hydrogen-bond acceptors (Lipinski definition) is 10. The van der Waals surface area contributed by atoms with Gasteiger partial charge in [0.15, 0.2) is 0 Å². The molecule has 1 atom stereocenters. The number of carboxylic acid groups (broad SMARTS) is 1. The van der Waals surface area contributed by atoms with Crippen molar-refractivity contribution < 1.29 is 37.3 Å². The number of allylic oxidation sites excluding steroid dienone is 1. The van der Waals surface area contributed by atoms with Crippen LogP contribution >= 0.6 is 0 Å². The van der Waals surface area contributed by atoms with Crippen LogP contribution < -0.4 is 31.2 Å². The number of aromatic nitrogens is 4. The Hall–Kier alpha value is -6.00. The highest BCUT2D eigenvalue weighted by molar-refractivity contribution is 6.06. The van der Waals surface area contributed by atoms with Crippen LogP contribution in [0, 0.1) is 0 Å². The summed E-state index contributed by atoms with van der Waals surface area (Å²) in [6.07, 6.45) is 8.09. The average molecular weight is 775 g/mol. The minimum atomic E-state index is -4.56. The number of aliphatic carboxylic acids is 1. The highest BCUT2D eigenvalue weighted by Gasteiger charge is 2.31. The second-order valence-corrected chi connectivity index (χ2v) is 12.9. The first kappa shape index (κ1) is 41.2. The molecule has 1 saturated heterocycles. The molecule has 1 fully saturated rings. The molecule has 5 aromatic rings. The number of benzene rings is 2. The number of alkyl halides is 3. The van der Waals surface area contributed by atoms with Crippen LogP contribution in [0.4, 0.5) is 24.8 Å². The van der Waals surface area contributed by atoms with Gasteiger partial charge in [-0.3, -0.25) is 14.7 Å². The lowest BCUT2D eigenvalue weighted by atomic mass is 10.0. The lowest BCUT2D eigenvalue weighted by Crippen LogP contribution is -2.29. The normalized spacial score (nSPS) is 14.0. The Labute approximate surface area is 321 Å². The molecule has 3 aromatic heterocycles. The Morgan fingerprint density at radius 3 is 2.50 bits per heavy atom. The van der Waals surface area contributed by atoms with Crippen molar-refractivity contribution in [3.05, 3.63) is 95.3 Å². The van der Waals surface area contributed by atoms with Gasteiger partial charge in [0.05, 0.1) is 30.9 Å². The van der Waals surface area contributed by atoms with E-state index in [-0.39, 0.29) is 17.4 Å². The number of fused-ring (bicyclic) bond motifs is 1. The molecule has 0 bridgehead atoms.